The van der Waals surface area contributed by atoms with Gasteiger partial charge in [-0.3, -0.25) is 9.63 Å². The van der Waals surface area contributed by atoms with Crippen LogP contribution in [0.3, 0.4) is 0 Å². The number of hydroxylamine groups is 2. The van der Waals surface area contributed by atoms with Crippen molar-refractivity contribution in [3.63, 3.8) is 0 Å². The fourth-order valence-electron chi connectivity index (χ4n) is 3.98. The molecule has 5 heteroatoms. The SMILES string of the molecule is CCON1C(C)(C)CC2(CC1(C)C)NC(=O)C(C)(C)O2. The molecule has 20 heavy (non-hydrogen) atoms. The molecule has 2 aliphatic heterocycles. The van der Waals surface area contributed by atoms with Gasteiger partial charge in [0.1, 0.15) is 11.3 Å². The van der Waals surface area contributed by atoms with Crippen LogP contribution in [0, 0.1) is 0 Å². The van der Waals surface area contributed by atoms with Gasteiger partial charge in [-0.2, -0.15) is 5.06 Å². The van der Waals surface area contributed by atoms with Crippen LogP contribution in [0.25, 0.3) is 0 Å². The molecule has 1 amide bonds. The summed E-state index contributed by atoms with van der Waals surface area (Å²) in [6.07, 6.45) is 1.41. The zero-order chi connectivity index (χ0) is 15.4. The van der Waals surface area contributed by atoms with Crippen LogP contribution in [-0.4, -0.2) is 40.0 Å². The van der Waals surface area contributed by atoms with Crippen LogP contribution in [0.15, 0.2) is 0 Å². The summed E-state index contributed by atoms with van der Waals surface area (Å²) in [4.78, 5) is 18.0. The average Bonchev–Trinajstić information content (AvgIpc) is 2.40. The summed E-state index contributed by atoms with van der Waals surface area (Å²) in [7, 11) is 0. The van der Waals surface area contributed by atoms with Crippen LogP contribution < -0.4 is 5.32 Å². The zero-order valence-corrected chi connectivity index (χ0v) is 13.8. The Kier molecular flexibility index (Phi) is 3.48. The summed E-state index contributed by atoms with van der Waals surface area (Å²) in [6.45, 7) is 14.8. The topological polar surface area (TPSA) is 50.8 Å². The van der Waals surface area contributed by atoms with E-state index in [-0.39, 0.29) is 17.0 Å². The lowest BCUT2D eigenvalue weighted by atomic mass is 9.76. The van der Waals surface area contributed by atoms with Crippen LogP contribution in [0.5, 0.6) is 0 Å². The molecule has 5 nitrogen and oxygen atoms in total. The van der Waals surface area contributed by atoms with Crippen molar-refractivity contribution in [2.45, 2.75) is 83.7 Å². The van der Waals surface area contributed by atoms with Gasteiger partial charge in [0.2, 0.25) is 0 Å². The van der Waals surface area contributed by atoms with E-state index in [1.807, 2.05) is 20.8 Å². The maximum Gasteiger partial charge on any atom is 0.253 e. The normalized spacial score (nSPS) is 30.4. The summed E-state index contributed by atoms with van der Waals surface area (Å²) in [6, 6.07) is 0. The second kappa shape index (κ2) is 4.42. The predicted octanol–water partition coefficient (Wildman–Crippen LogP) is 2.21. The molecule has 2 heterocycles. The van der Waals surface area contributed by atoms with E-state index < -0.39 is 11.3 Å². The Labute approximate surface area is 121 Å². The highest BCUT2D eigenvalue weighted by Gasteiger charge is 2.60. The van der Waals surface area contributed by atoms with Crippen molar-refractivity contribution in [1.29, 1.82) is 0 Å². The molecular weight excluding hydrogens is 256 g/mol. The van der Waals surface area contributed by atoms with Crippen molar-refractivity contribution >= 4 is 5.91 Å². The van der Waals surface area contributed by atoms with Crippen molar-refractivity contribution < 1.29 is 14.4 Å². The van der Waals surface area contributed by atoms with E-state index in [0.29, 0.717) is 19.4 Å². The van der Waals surface area contributed by atoms with E-state index in [0.717, 1.165) is 0 Å². The molecule has 1 spiro atoms. The van der Waals surface area contributed by atoms with E-state index in [9.17, 15) is 4.79 Å². The molecule has 2 fully saturated rings. The van der Waals surface area contributed by atoms with Gasteiger partial charge in [-0.05, 0) is 48.5 Å². The summed E-state index contributed by atoms with van der Waals surface area (Å²) in [5.74, 6) is -0.0334. The number of ether oxygens (including phenoxy) is 1. The minimum Gasteiger partial charge on any atom is -0.340 e. The van der Waals surface area contributed by atoms with Crippen LogP contribution in [0.4, 0.5) is 0 Å². The fraction of sp³-hybridized carbons (Fsp3) is 0.933. The molecule has 116 valence electrons. The van der Waals surface area contributed by atoms with Crippen molar-refractivity contribution in [2.75, 3.05) is 6.61 Å². The van der Waals surface area contributed by atoms with Gasteiger partial charge < -0.3 is 10.1 Å². The molecule has 0 saturated carbocycles. The number of carbonyl (C=O) groups excluding carboxylic acids is 1. The molecule has 0 aromatic carbocycles. The first kappa shape index (κ1) is 15.7. The fourth-order valence-corrected chi connectivity index (χ4v) is 3.98. The number of nitrogens with one attached hydrogen (secondary N) is 1. The number of piperidine rings is 1. The molecule has 2 rings (SSSR count). The third kappa shape index (κ3) is 2.47. The van der Waals surface area contributed by atoms with Crippen LogP contribution in [0.2, 0.25) is 0 Å². The molecule has 0 atom stereocenters. The van der Waals surface area contributed by atoms with Crippen molar-refractivity contribution in [3.8, 4) is 0 Å². The first-order valence-corrected chi connectivity index (χ1v) is 7.40. The summed E-state index contributed by atoms with van der Waals surface area (Å²) >= 11 is 0. The Morgan fingerprint density at radius 3 is 2.00 bits per heavy atom. The zero-order valence-electron chi connectivity index (χ0n) is 13.8. The quantitative estimate of drug-likeness (QED) is 0.844. The number of carbonyl (C=O) groups is 1. The summed E-state index contributed by atoms with van der Waals surface area (Å²) in [5.41, 5.74) is -1.79. The third-order valence-electron chi connectivity index (χ3n) is 4.13. The number of nitrogens with zero attached hydrogens (tertiary/aromatic N) is 1. The molecule has 2 saturated heterocycles. The average molecular weight is 284 g/mol. The first-order chi connectivity index (χ1) is 8.94. The number of amides is 1. The van der Waals surface area contributed by atoms with E-state index >= 15 is 0 Å². The lowest BCUT2D eigenvalue weighted by Crippen LogP contribution is -2.68. The maximum absolute atomic E-state index is 12.1. The van der Waals surface area contributed by atoms with Gasteiger partial charge in [-0.15, -0.1) is 0 Å². The molecule has 2 aliphatic rings. The van der Waals surface area contributed by atoms with Gasteiger partial charge in [0.25, 0.3) is 5.91 Å². The van der Waals surface area contributed by atoms with Crippen molar-refractivity contribution in [3.05, 3.63) is 0 Å². The molecule has 0 aromatic heterocycles. The van der Waals surface area contributed by atoms with Crippen LogP contribution in [0.1, 0.15) is 61.3 Å². The van der Waals surface area contributed by atoms with Crippen molar-refractivity contribution in [2.24, 2.45) is 0 Å². The van der Waals surface area contributed by atoms with Crippen LogP contribution in [-0.2, 0) is 14.4 Å². The van der Waals surface area contributed by atoms with E-state index in [1.54, 1.807) is 0 Å². The maximum atomic E-state index is 12.1. The van der Waals surface area contributed by atoms with Gasteiger partial charge in [-0.25, -0.2) is 0 Å². The molecule has 0 radical (unpaired) electrons. The van der Waals surface area contributed by atoms with Crippen LogP contribution >= 0.6 is 0 Å². The summed E-state index contributed by atoms with van der Waals surface area (Å²) < 4.78 is 6.14. The van der Waals surface area contributed by atoms with E-state index in [4.69, 9.17) is 9.57 Å². The van der Waals surface area contributed by atoms with Gasteiger partial charge in [0.05, 0.1) is 6.61 Å². The number of hydrogen-bond donors (Lipinski definition) is 1. The molecule has 0 unspecified atom stereocenters. The van der Waals surface area contributed by atoms with Gasteiger partial charge in [0.15, 0.2) is 0 Å². The Balaban J connectivity index is 2.32. The largest absolute Gasteiger partial charge is 0.340 e. The van der Waals surface area contributed by atoms with Gasteiger partial charge in [0, 0.05) is 23.9 Å². The van der Waals surface area contributed by atoms with Gasteiger partial charge >= 0.3 is 0 Å². The Bertz CT molecular complexity index is 397. The van der Waals surface area contributed by atoms with Gasteiger partial charge in [-0.1, -0.05) is 0 Å². The highest BCUT2D eigenvalue weighted by Crippen LogP contribution is 2.47. The predicted molar refractivity (Wildman–Crippen MR) is 76.9 cm³/mol. The standard InChI is InChI=1S/C15H28N2O3/c1-8-19-17-12(2,3)9-15(10-13(17,4)5)16-11(18)14(6,7)20-15/h8-10H2,1-7H3,(H,16,18). The molecule has 1 N–H and O–H groups in total. The Morgan fingerprint density at radius 2 is 1.65 bits per heavy atom. The highest BCUT2D eigenvalue weighted by atomic mass is 16.7. The number of hydrogen-bond acceptors (Lipinski definition) is 4. The molecule has 0 aromatic rings. The van der Waals surface area contributed by atoms with E-state index in [2.05, 4.69) is 38.1 Å². The lowest BCUT2D eigenvalue weighted by Gasteiger charge is -2.56. The Morgan fingerprint density at radius 1 is 1.15 bits per heavy atom. The minimum atomic E-state index is -0.764. The third-order valence-corrected chi connectivity index (χ3v) is 4.13. The number of rotatable bonds is 2. The van der Waals surface area contributed by atoms with E-state index in [1.165, 1.54) is 0 Å². The highest BCUT2D eigenvalue weighted by molar-refractivity contribution is 5.86. The van der Waals surface area contributed by atoms with Crippen molar-refractivity contribution in [1.82, 2.24) is 10.4 Å². The molecule has 0 aliphatic carbocycles. The second-order valence-electron chi connectivity index (χ2n) is 7.75. The second-order valence-corrected chi connectivity index (χ2v) is 7.75. The molecular formula is C15H28N2O3. The first-order valence-electron chi connectivity index (χ1n) is 7.40. The summed E-state index contributed by atoms with van der Waals surface area (Å²) in [5, 5.41) is 5.15. The monoisotopic (exact) mass is 284 g/mol. The molecule has 0 bridgehead atoms. The Hall–Kier alpha value is -0.650. The lowest BCUT2D eigenvalue weighted by molar-refractivity contribution is -0.311. The smallest absolute Gasteiger partial charge is 0.253 e. The minimum absolute atomic E-state index is 0.0334.